The average molecular weight is 252 g/mol. The van der Waals surface area contributed by atoms with E-state index in [0.717, 1.165) is 17.7 Å². The van der Waals surface area contributed by atoms with Gasteiger partial charge in [-0.2, -0.15) is 0 Å². The summed E-state index contributed by atoms with van der Waals surface area (Å²) in [4.78, 5) is 1.24. The van der Waals surface area contributed by atoms with Crippen molar-refractivity contribution >= 4 is 11.8 Å². The SMILES string of the molecule is C=C(CC)CSc1ccc(C(OC)OC)cc1. The van der Waals surface area contributed by atoms with Crippen molar-refractivity contribution in [1.29, 1.82) is 0 Å². The molecule has 2 nitrogen and oxygen atoms in total. The van der Waals surface area contributed by atoms with Crippen LogP contribution in [0.5, 0.6) is 0 Å². The van der Waals surface area contributed by atoms with Crippen LogP contribution in [0.3, 0.4) is 0 Å². The summed E-state index contributed by atoms with van der Waals surface area (Å²) in [6.07, 6.45) is 0.764. The molecule has 0 spiro atoms. The Bertz CT molecular complexity index is 342. The Labute approximate surface area is 108 Å². The lowest BCUT2D eigenvalue weighted by atomic mass is 10.2. The van der Waals surface area contributed by atoms with E-state index in [1.54, 1.807) is 14.2 Å². The lowest BCUT2D eigenvalue weighted by molar-refractivity contribution is -0.106. The maximum absolute atomic E-state index is 5.20. The van der Waals surface area contributed by atoms with Gasteiger partial charge in [-0.25, -0.2) is 0 Å². The van der Waals surface area contributed by atoms with E-state index in [0.29, 0.717) is 0 Å². The summed E-state index contributed by atoms with van der Waals surface area (Å²) >= 11 is 1.81. The van der Waals surface area contributed by atoms with E-state index in [-0.39, 0.29) is 6.29 Å². The molecule has 1 rings (SSSR count). The zero-order valence-corrected chi connectivity index (χ0v) is 11.5. The van der Waals surface area contributed by atoms with E-state index in [1.807, 2.05) is 23.9 Å². The minimum absolute atomic E-state index is 0.278. The Morgan fingerprint density at radius 1 is 1.24 bits per heavy atom. The van der Waals surface area contributed by atoms with E-state index < -0.39 is 0 Å². The predicted octanol–water partition coefficient (Wildman–Crippen LogP) is 4.04. The molecule has 3 heteroatoms. The van der Waals surface area contributed by atoms with Gasteiger partial charge in [-0.15, -0.1) is 11.8 Å². The van der Waals surface area contributed by atoms with Crippen LogP contribution in [0.2, 0.25) is 0 Å². The van der Waals surface area contributed by atoms with Gasteiger partial charge in [-0.3, -0.25) is 0 Å². The van der Waals surface area contributed by atoms with Crippen molar-refractivity contribution in [2.75, 3.05) is 20.0 Å². The number of thioether (sulfide) groups is 1. The Kier molecular flexibility index (Phi) is 6.34. The van der Waals surface area contributed by atoms with Gasteiger partial charge in [0, 0.05) is 30.4 Å². The first kappa shape index (κ1) is 14.3. The first-order valence-electron chi connectivity index (χ1n) is 5.66. The molecule has 0 atom stereocenters. The fraction of sp³-hybridized carbons (Fsp3) is 0.429. The lowest BCUT2D eigenvalue weighted by Gasteiger charge is -2.13. The van der Waals surface area contributed by atoms with Gasteiger partial charge in [0.15, 0.2) is 6.29 Å². The van der Waals surface area contributed by atoms with Gasteiger partial charge in [0.25, 0.3) is 0 Å². The van der Waals surface area contributed by atoms with E-state index in [2.05, 4.69) is 25.6 Å². The monoisotopic (exact) mass is 252 g/mol. The largest absolute Gasteiger partial charge is 0.352 e. The average Bonchev–Trinajstić information content (AvgIpc) is 2.38. The van der Waals surface area contributed by atoms with Crippen LogP contribution in [0.1, 0.15) is 25.2 Å². The summed E-state index contributed by atoms with van der Waals surface area (Å²) in [7, 11) is 3.28. The normalized spacial score (nSPS) is 10.8. The molecule has 1 aromatic rings. The minimum atomic E-state index is -0.278. The quantitative estimate of drug-likeness (QED) is 0.414. The van der Waals surface area contributed by atoms with Gasteiger partial charge in [-0.1, -0.05) is 31.2 Å². The van der Waals surface area contributed by atoms with Crippen LogP contribution in [0, 0.1) is 0 Å². The molecule has 17 heavy (non-hydrogen) atoms. The maximum Gasteiger partial charge on any atom is 0.183 e. The molecule has 0 unspecified atom stereocenters. The minimum Gasteiger partial charge on any atom is -0.352 e. The number of methoxy groups -OCH3 is 2. The van der Waals surface area contributed by atoms with E-state index in [1.165, 1.54) is 10.5 Å². The van der Waals surface area contributed by atoms with E-state index in [9.17, 15) is 0 Å². The van der Waals surface area contributed by atoms with Crippen molar-refractivity contribution < 1.29 is 9.47 Å². The molecule has 0 aromatic heterocycles. The maximum atomic E-state index is 5.20. The van der Waals surface area contributed by atoms with Crippen LogP contribution >= 0.6 is 11.8 Å². The van der Waals surface area contributed by atoms with Gasteiger partial charge < -0.3 is 9.47 Å². The van der Waals surface area contributed by atoms with Crippen molar-refractivity contribution in [3.8, 4) is 0 Å². The Hall–Kier alpha value is -0.770. The predicted molar refractivity (Wildman–Crippen MR) is 73.4 cm³/mol. The molecular weight excluding hydrogens is 232 g/mol. The molecule has 0 aliphatic rings. The number of hydrogen-bond donors (Lipinski definition) is 0. The fourth-order valence-corrected chi connectivity index (χ4v) is 2.28. The van der Waals surface area contributed by atoms with Gasteiger partial charge >= 0.3 is 0 Å². The van der Waals surface area contributed by atoms with Crippen LogP contribution in [0.25, 0.3) is 0 Å². The first-order chi connectivity index (χ1) is 8.21. The van der Waals surface area contributed by atoms with Crippen LogP contribution in [-0.2, 0) is 9.47 Å². The van der Waals surface area contributed by atoms with Crippen molar-refractivity contribution in [3.05, 3.63) is 42.0 Å². The molecule has 0 fully saturated rings. The fourth-order valence-electron chi connectivity index (χ4n) is 1.38. The van der Waals surface area contributed by atoms with Crippen molar-refractivity contribution in [1.82, 2.24) is 0 Å². The summed E-state index contributed by atoms with van der Waals surface area (Å²) in [5, 5.41) is 0. The Balaban J connectivity index is 2.58. The highest BCUT2D eigenvalue weighted by atomic mass is 32.2. The van der Waals surface area contributed by atoms with Crippen molar-refractivity contribution in [3.63, 3.8) is 0 Å². The summed E-state index contributed by atoms with van der Waals surface area (Å²) < 4.78 is 10.4. The van der Waals surface area contributed by atoms with Crippen LogP contribution in [-0.4, -0.2) is 20.0 Å². The topological polar surface area (TPSA) is 18.5 Å². The molecule has 0 aliphatic carbocycles. The Morgan fingerprint density at radius 2 is 1.82 bits per heavy atom. The molecule has 0 heterocycles. The first-order valence-corrected chi connectivity index (χ1v) is 6.64. The summed E-state index contributed by atoms with van der Waals surface area (Å²) in [6, 6.07) is 8.26. The van der Waals surface area contributed by atoms with Gasteiger partial charge in [0.2, 0.25) is 0 Å². The summed E-state index contributed by atoms with van der Waals surface area (Å²) in [5.41, 5.74) is 2.31. The molecule has 0 N–H and O–H groups in total. The van der Waals surface area contributed by atoms with Gasteiger partial charge in [0.1, 0.15) is 0 Å². The van der Waals surface area contributed by atoms with Crippen molar-refractivity contribution in [2.45, 2.75) is 24.5 Å². The van der Waals surface area contributed by atoms with Crippen molar-refractivity contribution in [2.24, 2.45) is 0 Å². The third-order valence-corrected chi connectivity index (χ3v) is 3.68. The van der Waals surface area contributed by atoms with Gasteiger partial charge in [0.05, 0.1) is 0 Å². The summed E-state index contributed by atoms with van der Waals surface area (Å²) in [6.45, 7) is 6.13. The molecule has 0 amide bonds. The molecule has 0 saturated heterocycles. The highest BCUT2D eigenvalue weighted by Gasteiger charge is 2.07. The molecule has 0 radical (unpaired) electrons. The highest BCUT2D eigenvalue weighted by molar-refractivity contribution is 7.99. The number of hydrogen-bond acceptors (Lipinski definition) is 3. The molecule has 94 valence electrons. The number of ether oxygens (including phenoxy) is 2. The van der Waals surface area contributed by atoms with Crippen LogP contribution in [0.15, 0.2) is 41.3 Å². The zero-order valence-electron chi connectivity index (χ0n) is 10.7. The van der Waals surface area contributed by atoms with E-state index in [4.69, 9.17) is 9.47 Å². The summed E-state index contributed by atoms with van der Waals surface area (Å²) in [5.74, 6) is 0.980. The van der Waals surface area contributed by atoms with Crippen LogP contribution < -0.4 is 0 Å². The number of rotatable bonds is 7. The zero-order chi connectivity index (χ0) is 12.7. The second kappa shape index (κ2) is 7.54. The smallest absolute Gasteiger partial charge is 0.183 e. The van der Waals surface area contributed by atoms with E-state index >= 15 is 0 Å². The second-order valence-electron chi connectivity index (χ2n) is 3.76. The lowest BCUT2D eigenvalue weighted by Crippen LogP contribution is -2.02. The third-order valence-electron chi connectivity index (χ3n) is 2.52. The second-order valence-corrected chi connectivity index (χ2v) is 4.81. The molecular formula is C14H20O2S. The molecule has 0 aliphatic heterocycles. The molecule has 0 bridgehead atoms. The number of benzene rings is 1. The third kappa shape index (κ3) is 4.54. The standard InChI is InChI=1S/C14H20O2S/c1-5-11(2)10-17-13-8-6-12(7-9-13)14(15-3)16-4/h6-9,14H,2,5,10H2,1,3-4H3. The molecule has 1 aromatic carbocycles. The van der Waals surface area contributed by atoms with Gasteiger partial charge in [-0.05, 0) is 18.6 Å². The highest BCUT2D eigenvalue weighted by Crippen LogP contribution is 2.24. The van der Waals surface area contributed by atoms with Crippen LogP contribution in [0.4, 0.5) is 0 Å². The Morgan fingerprint density at radius 3 is 2.29 bits per heavy atom. The molecule has 0 saturated carbocycles.